The molecule has 28 heavy (non-hydrogen) atoms. The summed E-state index contributed by atoms with van der Waals surface area (Å²) in [6, 6.07) is 7.59. The van der Waals surface area contributed by atoms with Crippen molar-refractivity contribution in [1.82, 2.24) is 4.98 Å². The molecule has 0 bridgehead atoms. The second-order valence-electron chi connectivity index (χ2n) is 7.42. The van der Waals surface area contributed by atoms with Gasteiger partial charge in [0.2, 0.25) is 0 Å². The summed E-state index contributed by atoms with van der Waals surface area (Å²) in [7, 11) is 0. The molecular formula is C20H22N2O5S. The smallest absolute Gasteiger partial charge is 0.324 e. The number of carbonyl (C=O) groups excluding carboxylic acids is 2. The fourth-order valence-electron chi connectivity index (χ4n) is 3.85. The molecule has 1 aromatic heterocycles. The van der Waals surface area contributed by atoms with Crippen LogP contribution in [0.1, 0.15) is 39.3 Å². The molecule has 4 rings (SSSR count). The molecule has 0 unspecified atom stereocenters. The zero-order chi connectivity index (χ0) is 19.9. The molecule has 1 N–H and O–H groups in total. The number of hydrogen-bond acceptors (Lipinski definition) is 8. The van der Waals surface area contributed by atoms with Crippen LogP contribution in [0.25, 0.3) is 0 Å². The first-order chi connectivity index (χ1) is 13.3. The van der Waals surface area contributed by atoms with Crippen LogP contribution in [0.2, 0.25) is 0 Å². The van der Waals surface area contributed by atoms with Crippen LogP contribution >= 0.6 is 11.3 Å². The van der Waals surface area contributed by atoms with Crippen molar-refractivity contribution in [3.05, 3.63) is 35.3 Å². The molecule has 2 aliphatic heterocycles. The number of anilines is 2. The van der Waals surface area contributed by atoms with Crippen molar-refractivity contribution in [2.75, 3.05) is 11.9 Å². The number of ether oxygens (including phenoxy) is 3. The molecule has 3 heterocycles. The zero-order valence-corrected chi connectivity index (χ0v) is 16.8. The van der Waals surface area contributed by atoms with E-state index in [1.807, 2.05) is 36.6 Å². The van der Waals surface area contributed by atoms with E-state index in [0.717, 1.165) is 11.4 Å². The van der Waals surface area contributed by atoms with Gasteiger partial charge in [0.15, 0.2) is 16.1 Å². The molecule has 8 heteroatoms. The summed E-state index contributed by atoms with van der Waals surface area (Å²) in [5.74, 6) is -0.198. The van der Waals surface area contributed by atoms with Gasteiger partial charge in [-0.05, 0) is 45.0 Å². The number of nitrogens with one attached hydrogen (secondary N) is 1. The fourth-order valence-corrected chi connectivity index (χ4v) is 4.70. The Labute approximate surface area is 167 Å². The maximum Gasteiger partial charge on any atom is 0.324 e. The summed E-state index contributed by atoms with van der Waals surface area (Å²) < 4.78 is 16.3. The number of benzene rings is 1. The average Bonchev–Trinajstić information content (AvgIpc) is 3.29. The normalized spacial score (nSPS) is 29.0. The standard InChI is InChI=1S/C20H22N2O5S/c1-4-25-14-7-5-13(6-8-14)21-18-22-15(10-28-18)19(3)11-20(17(24)27-19)9-12(2)26-16(20)23/h5-8,10,12H,4,9,11H2,1-3H3,(H,21,22)/t12-,19+,20+/m0/s1. The molecule has 148 valence electrons. The Morgan fingerprint density at radius 1 is 1.29 bits per heavy atom. The Morgan fingerprint density at radius 2 is 2.04 bits per heavy atom. The van der Waals surface area contributed by atoms with Gasteiger partial charge in [-0.15, -0.1) is 11.3 Å². The van der Waals surface area contributed by atoms with E-state index in [-0.39, 0.29) is 12.5 Å². The van der Waals surface area contributed by atoms with Gasteiger partial charge < -0.3 is 19.5 Å². The van der Waals surface area contributed by atoms with Crippen LogP contribution < -0.4 is 10.1 Å². The van der Waals surface area contributed by atoms with E-state index in [1.54, 1.807) is 13.8 Å². The molecule has 0 radical (unpaired) electrons. The van der Waals surface area contributed by atoms with Crippen molar-refractivity contribution in [1.29, 1.82) is 0 Å². The highest BCUT2D eigenvalue weighted by Crippen LogP contribution is 2.52. The minimum atomic E-state index is -1.21. The van der Waals surface area contributed by atoms with Crippen molar-refractivity contribution < 1.29 is 23.8 Å². The molecule has 7 nitrogen and oxygen atoms in total. The lowest BCUT2D eigenvalue weighted by molar-refractivity contribution is -0.160. The van der Waals surface area contributed by atoms with Gasteiger partial charge in [0, 0.05) is 23.9 Å². The highest BCUT2D eigenvalue weighted by Gasteiger charge is 2.65. The summed E-state index contributed by atoms with van der Waals surface area (Å²) in [6.45, 7) is 6.15. The first-order valence-electron chi connectivity index (χ1n) is 9.25. The number of aromatic nitrogens is 1. The molecule has 2 saturated heterocycles. The van der Waals surface area contributed by atoms with E-state index in [4.69, 9.17) is 14.2 Å². The first-order valence-corrected chi connectivity index (χ1v) is 10.1. The van der Waals surface area contributed by atoms with E-state index in [2.05, 4.69) is 10.3 Å². The van der Waals surface area contributed by atoms with E-state index in [0.29, 0.717) is 23.9 Å². The van der Waals surface area contributed by atoms with Crippen molar-refractivity contribution >= 4 is 34.1 Å². The number of rotatable bonds is 5. The van der Waals surface area contributed by atoms with Gasteiger partial charge >= 0.3 is 11.9 Å². The van der Waals surface area contributed by atoms with Crippen LogP contribution in [0.15, 0.2) is 29.6 Å². The van der Waals surface area contributed by atoms with Crippen LogP contribution in [0.4, 0.5) is 10.8 Å². The SMILES string of the molecule is CCOc1ccc(Nc2nc([C@@]3(C)C[C@@]4(C[C@H](C)OC4=O)C(=O)O3)cs2)cc1. The number of esters is 2. The van der Waals surface area contributed by atoms with Gasteiger partial charge in [-0.2, -0.15) is 0 Å². The summed E-state index contributed by atoms with van der Waals surface area (Å²) in [5.41, 5.74) is -0.651. The van der Waals surface area contributed by atoms with Crippen LogP contribution in [-0.4, -0.2) is 29.6 Å². The summed E-state index contributed by atoms with van der Waals surface area (Å²) in [6.07, 6.45) is 0.311. The third kappa shape index (κ3) is 3.11. The lowest BCUT2D eigenvalue weighted by Crippen LogP contribution is -2.31. The number of thiazole rings is 1. The molecule has 2 fully saturated rings. The van der Waals surface area contributed by atoms with Crippen LogP contribution in [0.3, 0.4) is 0 Å². The molecule has 0 amide bonds. The number of hydrogen-bond donors (Lipinski definition) is 1. The maximum absolute atomic E-state index is 12.6. The van der Waals surface area contributed by atoms with Gasteiger partial charge in [0.05, 0.1) is 12.3 Å². The molecule has 2 aliphatic rings. The monoisotopic (exact) mass is 402 g/mol. The predicted octanol–water partition coefficient (Wildman–Crippen LogP) is 3.77. The van der Waals surface area contributed by atoms with Crippen LogP contribution in [0, 0.1) is 5.41 Å². The topological polar surface area (TPSA) is 86.8 Å². The lowest BCUT2D eigenvalue weighted by atomic mass is 9.78. The Morgan fingerprint density at radius 3 is 2.68 bits per heavy atom. The zero-order valence-electron chi connectivity index (χ0n) is 16.0. The van der Waals surface area contributed by atoms with Gasteiger partial charge in [0.1, 0.15) is 11.9 Å². The molecule has 0 aliphatic carbocycles. The highest BCUT2D eigenvalue weighted by molar-refractivity contribution is 7.13. The lowest BCUT2D eigenvalue weighted by Gasteiger charge is -2.20. The van der Waals surface area contributed by atoms with E-state index in [1.165, 1.54) is 11.3 Å². The third-order valence-corrected chi connectivity index (χ3v) is 5.90. The summed E-state index contributed by atoms with van der Waals surface area (Å²) in [4.78, 5) is 29.4. The fraction of sp³-hybridized carbons (Fsp3) is 0.450. The number of nitrogens with zero attached hydrogens (tertiary/aromatic N) is 1. The quantitative estimate of drug-likeness (QED) is 0.602. The van der Waals surface area contributed by atoms with Crippen molar-refractivity contribution in [2.24, 2.45) is 5.41 Å². The van der Waals surface area contributed by atoms with Gasteiger partial charge in [-0.25, -0.2) is 4.98 Å². The van der Waals surface area contributed by atoms with E-state index < -0.39 is 23.0 Å². The molecule has 1 aromatic carbocycles. The van der Waals surface area contributed by atoms with Gasteiger partial charge in [0.25, 0.3) is 0 Å². The van der Waals surface area contributed by atoms with E-state index >= 15 is 0 Å². The Kier molecular flexibility index (Phi) is 4.53. The van der Waals surface area contributed by atoms with Gasteiger partial charge in [-0.3, -0.25) is 9.59 Å². The number of carbonyl (C=O) groups is 2. The minimum absolute atomic E-state index is 0.244. The third-order valence-electron chi connectivity index (χ3n) is 5.15. The van der Waals surface area contributed by atoms with Crippen molar-refractivity contribution in [3.63, 3.8) is 0 Å². The Bertz CT molecular complexity index is 912. The minimum Gasteiger partial charge on any atom is -0.494 e. The molecule has 3 atom stereocenters. The molecule has 2 aromatic rings. The first kappa shape index (κ1) is 18.7. The second-order valence-corrected chi connectivity index (χ2v) is 8.28. The van der Waals surface area contributed by atoms with Crippen LogP contribution in [-0.2, 0) is 24.7 Å². The largest absolute Gasteiger partial charge is 0.494 e. The van der Waals surface area contributed by atoms with Crippen molar-refractivity contribution in [2.45, 2.75) is 45.3 Å². The van der Waals surface area contributed by atoms with Crippen LogP contribution in [0.5, 0.6) is 5.75 Å². The number of cyclic esters (lactones) is 2. The van der Waals surface area contributed by atoms with Gasteiger partial charge in [-0.1, -0.05) is 0 Å². The summed E-state index contributed by atoms with van der Waals surface area (Å²) in [5, 5.41) is 5.78. The molecular weight excluding hydrogens is 380 g/mol. The molecule has 0 saturated carbocycles. The summed E-state index contributed by atoms with van der Waals surface area (Å²) >= 11 is 1.42. The maximum atomic E-state index is 12.6. The Balaban J connectivity index is 1.51. The highest BCUT2D eigenvalue weighted by atomic mass is 32.1. The molecule has 1 spiro atoms. The van der Waals surface area contributed by atoms with E-state index in [9.17, 15) is 9.59 Å². The second kappa shape index (κ2) is 6.77. The average molecular weight is 402 g/mol. The Hall–Kier alpha value is -2.61. The van der Waals surface area contributed by atoms with Crippen molar-refractivity contribution in [3.8, 4) is 5.75 Å². The predicted molar refractivity (Wildman–Crippen MR) is 104 cm³/mol.